The number of nitrogens with zero attached hydrogens (tertiary/aromatic N) is 1. The molecule has 0 saturated carbocycles. The number of hydrogen-bond donors (Lipinski definition) is 1. The zero-order valence-corrected chi connectivity index (χ0v) is 12.0. The number of aromatic nitrogens is 1. The molecule has 0 atom stereocenters. The van der Waals surface area contributed by atoms with Gasteiger partial charge in [0.1, 0.15) is 23.9 Å². The topological polar surface area (TPSA) is 43.6 Å². The quantitative estimate of drug-likeness (QED) is 0.797. The summed E-state index contributed by atoms with van der Waals surface area (Å²) in [6.07, 6.45) is 1.98. The normalized spacial score (nSPS) is 10.8. The van der Waals surface area contributed by atoms with Crippen molar-refractivity contribution in [2.45, 2.75) is 6.61 Å². The van der Waals surface area contributed by atoms with Gasteiger partial charge >= 0.3 is 0 Å². The van der Waals surface area contributed by atoms with Gasteiger partial charge in [-0.2, -0.15) is 0 Å². The van der Waals surface area contributed by atoms with E-state index in [1.165, 1.54) is 0 Å². The molecule has 0 unspecified atom stereocenters. The molecule has 0 aliphatic heterocycles. The predicted molar refractivity (Wildman–Crippen MR) is 81.9 cm³/mol. The Morgan fingerprint density at radius 3 is 2.48 bits per heavy atom. The number of fused-ring (bicyclic) bond motifs is 1. The van der Waals surface area contributed by atoms with Crippen LogP contribution in [0.15, 0.2) is 48.7 Å². The number of phenolic OH excluding ortho intramolecular Hbond substituents is 1. The third kappa shape index (κ3) is 2.52. The standard InChI is InChI=1S/C17H17NO3/c1-18-10-12(15-4-3-5-16(19)17(15)18)11-21-14-8-6-13(20-2)7-9-14/h3-10,19H,11H2,1-2H3. The van der Waals surface area contributed by atoms with E-state index in [9.17, 15) is 5.11 Å². The lowest BCUT2D eigenvalue weighted by atomic mass is 10.2. The summed E-state index contributed by atoms with van der Waals surface area (Å²) < 4.78 is 12.8. The van der Waals surface area contributed by atoms with Crippen molar-refractivity contribution in [1.29, 1.82) is 0 Å². The molecule has 4 heteroatoms. The molecule has 1 N–H and O–H groups in total. The van der Waals surface area contributed by atoms with Crippen LogP contribution in [0.5, 0.6) is 17.2 Å². The molecular weight excluding hydrogens is 266 g/mol. The first-order chi connectivity index (χ1) is 10.2. The predicted octanol–water partition coefficient (Wildman–Crippen LogP) is 3.47. The van der Waals surface area contributed by atoms with Crippen molar-refractivity contribution in [3.05, 3.63) is 54.2 Å². The summed E-state index contributed by atoms with van der Waals surface area (Å²) in [5.41, 5.74) is 1.87. The van der Waals surface area contributed by atoms with Crippen LogP contribution in [0.2, 0.25) is 0 Å². The van der Waals surface area contributed by atoms with Gasteiger partial charge in [0.2, 0.25) is 0 Å². The monoisotopic (exact) mass is 283 g/mol. The van der Waals surface area contributed by atoms with Crippen LogP contribution >= 0.6 is 0 Å². The van der Waals surface area contributed by atoms with E-state index in [2.05, 4.69) is 0 Å². The molecule has 0 amide bonds. The zero-order valence-electron chi connectivity index (χ0n) is 12.0. The summed E-state index contributed by atoms with van der Waals surface area (Å²) in [6.45, 7) is 0.452. The Bertz CT molecular complexity index is 760. The molecule has 3 rings (SSSR count). The maximum Gasteiger partial charge on any atom is 0.139 e. The molecule has 0 radical (unpaired) electrons. The molecule has 0 fully saturated rings. The Morgan fingerprint density at radius 2 is 1.76 bits per heavy atom. The fraction of sp³-hybridized carbons (Fsp3) is 0.176. The molecule has 1 aromatic heterocycles. The minimum absolute atomic E-state index is 0.283. The maximum atomic E-state index is 9.93. The Hall–Kier alpha value is -2.62. The third-order valence-corrected chi connectivity index (χ3v) is 3.52. The smallest absolute Gasteiger partial charge is 0.139 e. The number of rotatable bonds is 4. The second-order valence-corrected chi connectivity index (χ2v) is 4.90. The van der Waals surface area contributed by atoms with E-state index in [4.69, 9.17) is 9.47 Å². The molecule has 1 heterocycles. The average Bonchev–Trinajstić information content (AvgIpc) is 2.83. The highest BCUT2D eigenvalue weighted by Crippen LogP contribution is 2.29. The minimum atomic E-state index is 0.283. The number of benzene rings is 2. The lowest BCUT2D eigenvalue weighted by Gasteiger charge is -2.06. The van der Waals surface area contributed by atoms with E-state index in [1.807, 2.05) is 54.2 Å². The number of ether oxygens (including phenoxy) is 2. The van der Waals surface area contributed by atoms with E-state index < -0.39 is 0 Å². The van der Waals surface area contributed by atoms with Crippen molar-refractivity contribution < 1.29 is 14.6 Å². The van der Waals surface area contributed by atoms with Crippen molar-refractivity contribution in [2.24, 2.45) is 7.05 Å². The molecule has 0 aliphatic rings. The van der Waals surface area contributed by atoms with Crippen molar-refractivity contribution in [1.82, 2.24) is 4.57 Å². The summed E-state index contributed by atoms with van der Waals surface area (Å²) in [5.74, 6) is 1.87. The molecule has 4 nitrogen and oxygen atoms in total. The van der Waals surface area contributed by atoms with Gasteiger partial charge < -0.3 is 19.1 Å². The summed E-state index contributed by atoms with van der Waals surface area (Å²) in [6, 6.07) is 13.0. The highest BCUT2D eigenvalue weighted by Gasteiger charge is 2.10. The lowest BCUT2D eigenvalue weighted by Crippen LogP contribution is -1.94. The highest BCUT2D eigenvalue weighted by molar-refractivity contribution is 5.88. The van der Waals surface area contributed by atoms with Gasteiger partial charge in [-0.05, 0) is 30.3 Å². The van der Waals surface area contributed by atoms with Crippen molar-refractivity contribution in [3.8, 4) is 17.2 Å². The number of aromatic hydroxyl groups is 1. The molecule has 0 spiro atoms. The molecule has 0 aliphatic carbocycles. The molecule has 0 bridgehead atoms. The van der Waals surface area contributed by atoms with Crippen LogP contribution in [0.3, 0.4) is 0 Å². The fourth-order valence-electron chi connectivity index (χ4n) is 2.48. The largest absolute Gasteiger partial charge is 0.506 e. The number of para-hydroxylation sites is 1. The van der Waals surface area contributed by atoms with Crippen LogP contribution in [0, 0.1) is 0 Å². The Balaban J connectivity index is 1.83. The third-order valence-electron chi connectivity index (χ3n) is 3.52. The first-order valence-electron chi connectivity index (χ1n) is 6.72. The molecule has 0 saturated heterocycles. The highest BCUT2D eigenvalue weighted by atomic mass is 16.5. The molecule has 3 aromatic rings. The molecular formula is C17H17NO3. The number of phenols is 1. The van der Waals surface area contributed by atoms with Gasteiger partial charge in [0.25, 0.3) is 0 Å². The van der Waals surface area contributed by atoms with E-state index in [-0.39, 0.29) is 5.75 Å². The first-order valence-corrected chi connectivity index (χ1v) is 6.72. The van der Waals surface area contributed by atoms with Crippen LogP contribution in [0.4, 0.5) is 0 Å². The summed E-state index contributed by atoms with van der Waals surface area (Å²) >= 11 is 0. The number of hydrogen-bond acceptors (Lipinski definition) is 3. The molecule has 2 aromatic carbocycles. The van der Waals surface area contributed by atoms with Gasteiger partial charge in [0, 0.05) is 24.2 Å². The van der Waals surface area contributed by atoms with Crippen LogP contribution < -0.4 is 9.47 Å². The summed E-state index contributed by atoms with van der Waals surface area (Å²) in [5, 5.41) is 10.9. The Kier molecular flexibility index (Phi) is 3.44. The molecule has 108 valence electrons. The van der Waals surface area contributed by atoms with Gasteiger partial charge in [0.15, 0.2) is 0 Å². The van der Waals surface area contributed by atoms with Gasteiger partial charge in [0.05, 0.1) is 12.6 Å². The summed E-state index contributed by atoms with van der Waals surface area (Å²) in [4.78, 5) is 0. The number of methoxy groups -OCH3 is 1. The van der Waals surface area contributed by atoms with Crippen molar-refractivity contribution >= 4 is 10.9 Å². The van der Waals surface area contributed by atoms with Crippen molar-refractivity contribution in [3.63, 3.8) is 0 Å². The van der Waals surface area contributed by atoms with Crippen molar-refractivity contribution in [2.75, 3.05) is 7.11 Å². The van der Waals surface area contributed by atoms with Gasteiger partial charge in [-0.3, -0.25) is 0 Å². The SMILES string of the molecule is COc1ccc(OCc2cn(C)c3c(O)cccc23)cc1. The van der Waals surface area contributed by atoms with Crippen LogP contribution in [-0.2, 0) is 13.7 Å². The van der Waals surface area contributed by atoms with Gasteiger partial charge in [-0.15, -0.1) is 0 Å². The Labute approximate surface area is 123 Å². The van der Waals surface area contributed by atoms with Crippen LogP contribution in [-0.4, -0.2) is 16.8 Å². The molecule has 21 heavy (non-hydrogen) atoms. The van der Waals surface area contributed by atoms with E-state index in [0.29, 0.717) is 6.61 Å². The second kappa shape index (κ2) is 5.40. The van der Waals surface area contributed by atoms with Gasteiger partial charge in [-0.1, -0.05) is 12.1 Å². The lowest BCUT2D eigenvalue weighted by molar-refractivity contribution is 0.306. The number of aryl methyl sites for hydroxylation is 1. The fourth-order valence-corrected chi connectivity index (χ4v) is 2.48. The maximum absolute atomic E-state index is 9.93. The van der Waals surface area contributed by atoms with E-state index in [1.54, 1.807) is 13.2 Å². The average molecular weight is 283 g/mol. The van der Waals surface area contributed by atoms with E-state index in [0.717, 1.165) is 28.0 Å². The zero-order chi connectivity index (χ0) is 14.8. The summed E-state index contributed by atoms with van der Waals surface area (Å²) in [7, 11) is 3.55. The van der Waals surface area contributed by atoms with Gasteiger partial charge in [-0.25, -0.2) is 0 Å². The Morgan fingerprint density at radius 1 is 1.05 bits per heavy atom. The van der Waals surface area contributed by atoms with Crippen LogP contribution in [0.25, 0.3) is 10.9 Å². The minimum Gasteiger partial charge on any atom is -0.506 e. The first kappa shape index (κ1) is 13.4. The van der Waals surface area contributed by atoms with E-state index >= 15 is 0 Å². The van der Waals surface area contributed by atoms with Crippen LogP contribution in [0.1, 0.15) is 5.56 Å². The second-order valence-electron chi connectivity index (χ2n) is 4.90.